The maximum Gasteiger partial charge on any atom is 0.106 e. The van der Waals surface area contributed by atoms with E-state index in [4.69, 9.17) is 4.98 Å². The molecule has 4 rings (SSSR count). The number of benzene rings is 3. The Hall–Kier alpha value is -2.87. The van der Waals surface area contributed by atoms with E-state index in [2.05, 4.69) is 78.6 Å². The zero-order chi connectivity index (χ0) is 15.6. The summed E-state index contributed by atoms with van der Waals surface area (Å²) < 4.78 is 0. The second-order valence-electron chi connectivity index (χ2n) is 5.68. The lowest BCUT2D eigenvalue weighted by Crippen LogP contribution is -1.86. The maximum atomic E-state index is 4.70. The van der Waals surface area contributed by atoms with Crippen molar-refractivity contribution in [2.45, 2.75) is 13.3 Å². The molecule has 0 amide bonds. The predicted octanol–water partition coefficient (Wildman–Crippen LogP) is 5.46. The molecular weight excluding hydrogens is 280 g/mol. The molecule has 0 unspecified atom stereocenters. The van der Waals surface area contributed by atoms with Gasteiger partial charge in [0.1, 0.15) is 5.82 Å². The summed E-state index contributed by atoms with van der Waals surface area (Å²) >= 11 is 0. The molecule has 0 radical (unpaired) electrons. The number of nitrogens with one attached hydrogen (secondary N) is 1. The quantitative estimate of drug-likeness (QED) is 0.534. The number of aromatic amines is 1. The van der Waals surface area contributed by atoms with Gasteiger partial charge in [-0.2, -0.15) is 0 Å². The smallest absolute Gasteiger partial charge is 0.106 e. The third kappa shape index (κ3) is 2.53. The summed E-state index contributed by atoms with van der Waals surface area (Å²) in [6, 6.07) is 25.5. The minimum Gasteiger partial charge on any atom is -0.342 e. The normalized spacial score (nSPS) is 11.0. The number of nitrogens with zero attached hydrogens (tertiary/aromatic N) is 1. The highest BCUT2D eigenvalue weighted by molar-refractivity contribution is 5.93. The van der Waals surface area contributed by atoms with Crippen molar-refractivity contribution in [3.05, 3.63) is 78.6 Å². The van der Waals surface area contributed by atoms with Crippen LogP contribution in [0.4, 0.5) is 0 Å². The number of hydrogen-bond donors (Lipinski definition) is 1. The molecule has 2 heteroatoms. The molecule has 112 valence electrons. The van der Waals surface area contributed by atoms with Crippen LogP contribution in [-0.4, -0.2) is 9.97 Å². The van der Waals surface area contributed by atoms with Crippen LogP contribution in [0.5, 0.6) is 0 Å². The highest BCUT2D eigenvalue weighted by atomic mass is 14.9. The largest absolute Gasteiger partial charge is 0.342 e. The van der Waals surface area contributed by atoms with Crippen molar-refractivity contribution in [2.24, 2.45) is 0 Å². The highest BCUT2D eigenvalue weighted by Gasteiger charge is 2.11. The second-order valence-corrected chi connectivity index (χ2v) is 5.68. The molecule has 23 heavy (non-hydrogen) atoms. The van der Waals surface area contributed by atoms with Gasteiger partial charge in [0.15, 0.2) is 0 Å². The van der Waals surface area contributed by atoms with Crippen LogP contribution in [0.2, 0.25) is 0 Å². The summed E-state index contributed by atoms with van der Waals surface area (Å²) in [6.45, 7) is 2.12. The Morgan fingerprint density at radius 2 is 1.35 bits per heavy atom. The minimum absolute atomic E-state index is 0.913. The molecule has 0 atom stereocenters. The molecule has 3 aromatic carbocycles. The molecular formula is C21H18N2. The summed E-state index contributed by atoms with van der Waals surface area (Å²) in [7, 11) is 0. The lowest BCUT2D eigenvalue weighted by molar-refractivity contribution is 1.00. The third-order valence-electron chi connectivity index (χ3n) is 4.17. The van der Waals surface area contributed by atoms with E-state index in [1.54, 1.807) is 0 Å². The monoisotopic (exact) mass is 298 g/mol. The molecule has 2 nitrogen and oxygen atoms in total. The van der Waals surface area contributed by atoms with Crippen molar-refractivity contribution in [1.29, 1.82) is 0 Å². The van der Waals surface area contributed by atoms with Gasteiger partial charge < -0.3 is 4.98 Å². The predicted molar refractivity (Wildman–Crippen MR) is 96.3 cm³/mol. The van der Waals surface area contributed by atoms with Gasteiger partial charge in [-0.05, 0) is 34.4 Å². The van der Waals surface area contributed by atoms with Crippen LogP contribution in [-0.2, 0) is 6.42 Å². The van der Waals surface area contributed by atoms with Crippen LogP contribution in [0.15, 0.2) is 72.8 Å². The molecule has 1 aromatic heterocycles. The van der Waals surface area contributed by atoms with Crippen LogP contribution < -0.4 is 0 Å². The van der Waals surface area contributed by atoms with Gasteiger partial charge >= 0.3 is 0 Å². The summed E-state index contributed by atoms with van der Waals surface area (Å²) in [6.07, 6.45) is 0.913. The van der Waals surface area contributed by atoms with Gasteiger partial charge in [0.25, 0.3) is 0 Å². The van der Waals surface area contributed by atoms with Gasteiger partial charge in [-0.15, -0.1) is 0 Å². The van der Waals surface area contributed by atoms with Crippen molar-refractivity contribution in [3.63, 3.8) is 0 Å². The molecule has 0 fully saturated rings. The lowest BCUT2D eigenvalue weighted by atomic mass is 9.94. The van der Waals surface area contributed by atoms with Crippen molar-refractivity contribution >= 4 is 11.0 Å². The van der Waals surface area contributed by atoms with Crippen LogP contribution >= 0.6 is 0 Å². The number of aromatic nitrogens is 2. The minimum atomic E-state index is 0.913. The SMILES string of the molecule is CCc1nc2cc(-c3ccccc3)c(-c3ccccc3)cc2[nH]1. The van der Waals surface area contributed by atoms with Gasteiger partial charge in [-0.1, -0.05) is 67.6 Å². The molecule has 0 aliphatic rings. The van der Waals surface area contributed by atoms with Crippen LogP contribution in [0.3, 0.4) is 0 Å². The highest BCUT2D eigenvalue weighted by Crippen LogP contribution is 2.35. The summed E-state index contributed by atoms with van der Waals surface area (Å²) in [4.78, 5) is 8.12. The van der Waals surface area contributed by atoms with E-state index in [0.29, 0.717) is 0 Å². The molecule has 0 spiro atoms. The van der Waals surface area contributed by atoms with Gasteiger partial charge in [0, 0.05) is 6.42 Å². The third-order valence-corrected chi connectivity index (χ3v) is 4.17. The van der Waals surface area contributed by atoms with Crippen molar-refractivity contribution in [3.8, 4) is 22.3 Å². The Morgan fingerprint density at radius 3 is 1.91 bits per heavy atom. The van der Waals surface area contributed by atoms with Gasteiger partial charge in [-0.3, -0.25) is 0 Å². The Labute approximate surface area is 135 Å². The Balaban J connectivity index is 2.01. The zero-order valence-corrected chi connectivity index (χ0v) is 13.1. The van der Waals surface area contributed by atoms with E-state index in [1.165, 1.54) is 22.3 Å². The van der Waals surface area contributed by atoms with Gasteiger partial charge in [-0.25, -0.2) is 4.98 Å². The Morgan fingerprint density at radius 1 is 0.783 bits per heavy atom. The fourth-order valence-corrected chi connectivity index (χ4v) is 2.99. The molecule has 0 aliphatic heterocycles. The number of aryl methyl sites for hydroxylation is 1. The van der Waals surface area contributed by atoms with Crippen molar-refractivity contribution in [2.75, 3.05) is 0 Å². The first-order valence-electron chi connectivity index (χ1n) is 7.98. The summed E-state index contributed by atoms with van der Waals surface area (Å²) in [5, 5.41) is 0. The van der Waals surface area contributed by atoms with Crippen LogP contribution in [0.25, 0.3) is 33.3 Å². The van der Waals surface area contributed by atoms with Gasteiger partial charge in [0.2, 0.25) is 0 Å². The lowest BCUT2D eigenvalue weighted by Gasteiger charge is -2.10. The Bertz CT molecular complexity index is 861. The van der Waals surface area contributed by atoms with Crippen LogP contribution in [0.1, 0.15) is 12.7 Å². The zero-order valence-electron chi connectivity index (χ0n) is 13.1. The first-order valence-corrected chi connectivity index (χ1v) is 7.98. The van der Waals surface area contributed by atoms with E-state index < -0.39 is 0 Å². The number of imidazole rings is 1. The van der Waals surface area contributed by atoms with Crippen molar-refractivity contribution < 1.29 is 0 Å². The first kappa shape index (κ1) is 13.8. The number of rotatable bonds is 3. The number of hydrogen-bond acceptors (Lipinski definition) is 1. The summed E-state index contributed by atoms with van der Waals surface area (Å²) in [5.74, 6) is 1.03. The maximum absolute atomic E-state index is 4.70. The fourth-order valence-electron chi connectivity index (χ4n) is 2.99. The standard InChI is InChI=1S/C21H18N2/c1-2-21-22-19-13-17(15-9-5-3-6-10-15)18(14-20(19)23-21)16-11-7-4-8-12-16/h3-14H,2H2,1H3,(H,22,23). The van der Waals surface area contributed by atoms with E-state index >= 15 is 0 Å². The molecule has 0 saturated carbocycles. The Kier molecular flexibility index (Phi) is 3.43. The topological polar surface area (TPSA) is 28.7 Å². The molecule has 0 saturated heterocycles. The van der Waals surface area contributed by atoms with E-state index in [9.17, 15) is 0 Å². The molecule has 4 aromatic rings. The molecule has 0 bridgehead atoms. The number of H-pyrrole nitrogens is 1. The average molecular weight is 298 g/mol. The van der Waals surface area contributed by atoms with E-state index in [1.807, 2.05) is 6.07 Å². The van der Waals surface area contributed by atoms with Crippen molar-refractivity contribution in [1.82, 2.24) is 9.97 Å². The van der Waals surface area contributed by atoms with E-state index in [-0.39, 0.29) is 0 Å². The van der Waals surface area contributed by atoms with E-state index in [0.717, 1.165) is 23.3 Å². The second kappa shape index (κ2) is 5.73. The first-order chi connectivity index (χ1) is 11.3. The fraction of sp³-hybridized carbons (Fsp3) is 0.0952. The van der Waals surface area contributed by atoms with Crippen LogP contribution in [0, 0.1) is 0 Å². The molecule has 0 aliphatic carbocycles. The number of fused-ring (bicyclic) bond motifs is 1. The molecule has 1 N–H and O–H groups in total. The molecule has 1 heterocycles. The van der Waals surface area contributed by atoms with Gasteiger partial charge in [0.05, 0.1) is 11.0 Å². The summed E-state index contributed by atoms with van der Waals surface area (Å²) in [5.41, 5.74) is 7.02. The average Bonchev–Trinajstić information content (AvgIpc) is 3.04.